The van der Waals surface area contributed by atoms with Crippen LogP contribution in [0.25, 0.3) is 0 Å². The normalized spacial score (nSPS) is 13.9. The lowest BCUT2D eigenvalue weighted by molar-refractivity contribution is -0.145. The average Bonchev–Trinajstić information content (AvgIpc) is 3.14. The summed E-state index contributed by atoms with van der Waals surface area (Å²) >= 11 is 0. The number of benzene rings is 1. The molecule has 0 atom stereocenters. The fourth-order valence-corrected chi connectivity index (χ4v) is 2.45. The molecule has 0 aromatic heterocycles. The van der Waals surface area contributed by atoms with Crippen LogP contribution in [0.1, 0.15) is 18.4 Å². The molecule has 2 rings (SSSR count). The first-order chi connectivity index (χ1) is 11.6. The highest BCUT2D eigenvalue weighted by atomic mass is 16.5. The topological polar surface area (TPSA) is 89.5 Å². The van der Waals surface area contributed by atoms with Crippen LogP contribution in [0.2, 0.25) is 0 Å². The number of carbonyl (C=O) groups is 2. The quantitative estimate of drug-likeness (QED) is 0.488. The number of carbonyl (C=O) groups excluding carboxylic acids is 2. The van der Waals surface area contributed by atoms with Crippen molar-refractivity contribution in [2.24, 2.45) is 5.10 Å². The van der Waals surface area contributed by atoms with Gasteiger partial charge in [0.25, 0.3) is 0 Å². The smallest absolute Gasteiger partial charge is 0.329 e. The number of amides is 2. The van der Waals surface area contributed by atoms with Crippen molar-refractivity contribution < 1.29 is 23.8 Å². The number of hydrogen-bond acceptors (Lipinski definition) is 6. The van der Waals surface area contributed by atoms with E-state index in [4.69, 9.17) is 14.2 Å². The molecule has 8 nitrogen and oxygen atoms in total. The van der Waals surface area contributed by atoms with Crippen LogP contribution in [0.15, 0.2) is 17.2 Å². The molecule has 24 heavy (non-hydrogen) atoms. The maximum atomic E-state index is 11.9. The minimum absolute atomic E-state index is 0.463. The van der Waals surface area contributed by atoms with E-state index < -0.39 is 11.8 Å². The van der Waals surface area contributed by atoms with Crippen molar-refractivity contribution in [3.63, 3.8) is 0 Å². The maximum absolute atomic E-state index is 11.9. The van der Waals surface area contributed by atoms with Crippen molar-refractivity contribution in [3.8, 4) is 17.2 Å². The third kappa shape index (κ3) is 3.95. The van der Waals surface area contributed by atoms with Gasteiger partial charge < -0.3 is 19.1 Å². The average molecular weight is 335 g/mol. The summed E-state index contributed by atoms with van der Waals surface area (Å²) in [6.45, 7) is 1.23. The van der Waals surface area contributed by atoms with Gasteiger partial charge in [0.2, 0.25) is 5.75 Å². The van der Waals surface area contributed by atoms with E-state index in [-0.39, 0.29) is 0 Å². The van der Waals surface area contributed by atoms with Gasteiger partial charge in [0.1, 0.15) is 0 Å². The van der Waals surface area contributed by atoms with Crippen LogP contribution in [0, 0.1) is 0 Å². The Bertz CT molecular complexity index is 614. The minimum atomic E-state index is -0.749. The van der Waals surface area contributed by atoms with Gasteiger partial charge in [-0.1, -0.05) is 0 Å². The largest absolute Gasteiger partial charge is 0.493 e. The van der Waals surface area contributed by atoms with Gasteiger partial charge in [0.15, 0.2) is 11.5 Å². The molecule has 1 N–H and O–H groups in total. The molecule has 1 aliphatic rings. The number of methoxy groups -OCH3 is 3. The summed E-state index contributed by atoms with van der Waals surface area (Å²) in [5.74, 6) is 0.0936. The van der Waals surface area contributed by atoms with E-state index in [1.54, 1.807) is 12.1 Å². The fraction of sp³-hybridized carbons (Fsp3) is 0.438. The molecule has 0 bridgehead atoms. The molecular formula is C16H21N3O5. The van der Waals surface area contributed by atoms with Crippen LogP contribution in [-0.4, -0.2) is 57.3 Å². The summed E-state index contributed by atoms with van der Waals surface area (Å²) in [7, 11) is 4.53. The van der Waals surface area contributed by atoms with Crippen molar-refractivity contribution >= 4 is 18.0 Å². The second kappa shape index (κ2) is 8.19. The lowest BCUT2D eigenvalue weighted by Crippen LogP contribution is -2.39. The molecule has 0 radical (unpaired) electrons. The predicted molar refractivity (Wildman–Crippen MR) is 87.6 cm³/mol. The molecule has 1 aromatic rings. The van der Waals surface area contributed by atoms with Crippen LogP contribution in [0.5, 0.6) is 17.2 Å². The second-order valence-electron chi connectivity index (χ2n) is 5.16. The molecule has 1 fully saturated rings. The van der Waals surface area contributed by atoms with E-state index in [1.165, 1.54) is 32.4 Å². The number of nitrogens with zero attached hydrogens (tertiary/aromatic N) is 2. The monoisotopic (exact) mass is 335 g/mol. The molecule has 1 saturated heterocycles. The Morgan fingerprint density at radius 1 is 1.08 bits per heavy atom. The molecule has 2 amide bonds. The molecular weight excluding hydrogens is 314 g/mol. The molecule has 0 spiro atoms. The first kappa shape index (κ1) is 17.6. The zero-order valence-corrected chi connectivity index (χ0v) is 14.0. The summed E-state index contributed by atoms with van der Waals surface area (Å²) < 4.78 is 15.7. The van der Waals surface area contributed by atoms with E-state index in [9.17, 15) is 9.59 Å². The van der Waals surface area contributed by atoms with Gasteiger partial charge in [-0.3, -0.25) is 9.59 Å². The van der Waals surface area contributed by atoms with Crippen molar-refractivity contribution in [1.29, 1.82) is 0 Å². The Hall–Kier alpha value is -2.77. The third-order valence-electron chi connectivity index (χ3n) is 3.65. The van der Waals surface area contributed by atoms with E-state index in [0.717, 1.165) is 12.8 Å². The SMILES string of the molecule is COc1cc(/C=N\NC(=O)C(=O)N2CCCC2)cc(OC)c1OC. The van der Waals surface area contributed by atoms with E-state index in [2.05, 4.69) is 10.5 Å². The predicted octanol–water partition coefficient (Wildman–Crippen LogP) is 0.785. The highest BCUT2D eigenvalue weighted by Crippen LogP contribution is 2.37. The Labute approximate surface area is 140 Å². The van der Waals surface area contributed by atoms with Crippen LogP contribution in [0.3, 0.4) is 0 Å². The lowest BCUT2D eigenvalue weighted by Gasteiger charge is -2.13. The van der Waals surface area contributed by atoms with Crippen LogP contribution >= 0.6 is 0 Å². The van der Waals surface area contributed by atoms with Crippen molar-refractivity contribution in [2.75, 3.05) is 34.4 Å². The number of rotatable bonds is 5. The highest BCUT2D eigenvalue weighted by Gasteiger charge is 2.24. The molecule has 8 heteroatoms. The fourth-order valence-electron chi connectivity index (χ4n) is 2.45. The summed E-state index contributed by atoms with van der Waals surface area (Å²) in [5, 5.41) is 3.82. The molecule has 0 unspecified atom stereocenters. The Morgan fingerprint density at radius 3 is 2.17 bits per heavy atom. The van der Waals surface area contributed by atoms with Crippen LogP contribution < -0.4 is 19.6 Å². The van der Waals surface area contributed by atoms with Gasteiger partial charge in [0, 0.05) is 18.7 Å². The van der Waals surface area contributed by atoms with Gasteiger partial charge in [-0.05, 0) is 25.0 Å². The number of likely N-dealkylation sites (tertiary alicyclic amines) is 1. The molecule has 0 saturated carbocycles. The van der Waals surface area contributed by atoms with Gasteiger partial charge >= 0.3 is 11.8 Å². The Morgan fingerprint density at radius 2 is 1.67 bits per heavy atom. The van der Waals surface area contributed by atoms with Gasteiger partial charge in [-0.15, -0.1) is 0 Å². The maximum Gasteiger partial charge on any atom is 0.329 e. The van der Waals surface area contributed by atoms with Gasteiger partial charge in [0.05, 0.1) is 27.5 Å². The summed E-state index contributed by atoms with van der Waals surface area (Å²) in [4.78, 5) is 25.2. The van der Waals surface area contributed by atoms with Crippen molar-refractivity contribution in [2.45, 2.75) is 12.8 Å². The first-order valence-electron chi connectivity index (χ1n) is 7.53. The molecule has 0 aliphatic carbocycles. The molecule has 1 heterocycles. The zero-order valence-electron chi connectivity index (χ0n) is 14.0. The van der Waals surface area contributed by atoms with E-state index in [1.807, 2.05) is 0 Å². The summed E-state index contributed by atoms with van der Waals surface area (Å²) in [5.41, 5.74) is 2.86. The van der Waals surface area contributed by atoms with Crippen molar-refractivity contribution in [1.82, 2.24) is 10.3 Å². The first-order valence-corrected chi connectivity index (χ1v) is 7.53. The van der Waals surface area contributed by atoms with Gasteiger partial charge in [-0.25, -0.2) is 5.43 Å². The minimum Gasteiger partial charge on any atom is -0.493 e. The molecule has 1 aromatic carbocycles. The van der Waals surface area contributed by atoms with Crippen LogP contribution in [0.4, 0.5) is 0 Å². The molecule has 1 aliphatic heterocycles. The van der Waals surface area contributed by atoms with Crippen molar-refractivity contribution in [3.05, 3.63) is 17.7 Å². The Kier molecular flexibility index (Phi) is 6.00. The number of hydrazone groups is 1. The second-order valence-corrected chi connectivity index (χ2v) is 5.16. The Balaban J connectivity index is 2.05. The lowest BCUT2D eigenvalue weighted by atomic mass is 10.2. The number of ether oxygens (including phenoxy) is 3. The van der Waals surface area contributed by atoms with Crippen LogP contribution in [-0.2, 0) is 9.59 Å². The summed E-state index contributed by atoms with van der Waals surface area (Å²) in [6, 6.07) is 3.36. The molecule has 130 valence electrons. The third-order valence-corrected chi connectivity index (χ3v) is 3.65. The standard InChI is InChI=1S/C16H21N3O5/c1-22-12-8-11(9-13(23-2)14(12)24-3)10-17-18-15(20)16(21)19-6-4-5-7-19/h8-10H,4-7H2,1-3H3,(H,18,20)/b17-10-. The zero-order chi connectivity index (χ0) is 17.5. The number of hydrogen-bond donors (Lipinski definition) is 1. The van der Waals surface area contributed by atoms with E-state index in [0.29, 0.717) is 35.9 Å². The van der Waals surface area contributed by atoms with E-state index >= 15 is 0 Å². The number of nitrogens with one attached hydrogen (secondary N) is 1. The van der Waals surface area contributed by atoms with Gasteiger partial charge in [-0.2, -0.15) is 5.10 Å². The highest BCUT2D eigenvalue weighted by molar-refractivity contribution is 6.35. The summed E-state index contributed by atoms with van der Waals surface area (Å²) in [6.07, 6.45) is 3.25.